The number of rotatable bonds is 4. The first kappa shape index (κ1) is 12.2. The van der Waals surface area contributed by atoms with Crippen LogP contribution >= 0.6 is 0 Å². The summed E-state index contributed by atoms with van der Waals surface area (Å²) in [7, 11) is 3.37. The van der Waals surface area contributed by atoms with Crippen LogP contribution in [0.15, 0.2) is 12.1 Å². The minimum absolute atomic E-state index is 0.0203. The second kappa shape index (κ2) is 4.22. The molecule has 1 aliphatic rings. The molecule has 1 aromatic rings. The maximum atomic E-state index is 6.35. The van der Waals surface area contributed by atoms with Crippen LogP contribution in [-0.4, -0.2) is 14.2 Å². The summed E-state index contributed by atoms with van der Waals surface area (Å²) in [5.41, 5.74) is 8.70. The van der Waals surface area contributed by atoms with Gasteiger partial charge in [0, 0.05) is 11.6 Å². The van der Waals surface area contributed by atoms with Crippen molar-refractivity contribution in [2.45, 2.75) is 32.7 Å². The molecule has 1 saturated carbocycles. The summed E-state index contributed by atoms with van der Waals surface area (Å²) < 4.78 is 10.8. The Labute approximate surface area is 103 Å². The van der Waals surface area contributed by atoms with Crippen molar-refractivity contribution in [2.75, 3.05) is 14.2 Å². The molecule has 3 nitrogen and oxygen atoms in total. The smallest absolute Gasteiger partial charge is 0.124 e. The SMILES string of the molecule is COc1cc(C(N)C2(C)CC2)c(OC)cc1C. The lowest BCUT2D eigenvalue weighted by atomic mass is 9.91. The van der Waals surface area contributed by atoms with Crippen LogP contribution < -0.4 is 15.2 Å². The molecule has 0 heterocycles. The van der Waals surface area contributed by atoms with Crippen molar-refractivity contribution in [2.24, 2.45) is 11.1 Å². The molecular weight excluding hydrogens is 214 g/mol. The van der Waals surface area contributed by atoms with Crippen LogP contribution in [0.4, 0.5) is 0 Å². The summed E-state index contributed by atoms with van der Waals surface area (Å²) in [6, 6.07) is 4.04. The fraction of sp³-hybridized carbons (Fsp3) is 0.571. The number of hydrogen-bond donors (Lipinski definition) is 1. The van der Waals surface area contributed by atoms with Gasteiger partial charge < -0.3 is 15.2 Å². The van der Waals surface area contributed by atoms with Crippen molar-refractivity contribution < 1.29 is 9.47 Å². The van der Waals surface area contributed by atoms with E-state index in [9.17, 15) is 0 Å². The van der Waals surface area contributed by atoms with Crippen molar-refractivity contribution >= 4 is 0 Å². The molecule has 3 heteroatoms. The van der Waals surface area contributed by atoms with Gasteiger partial charge in [-0.3, -0.25) is 0 Å². The van der Waals surface area contributed by atoms with Crippen molar-refractivity contribution in [3.05, 3.63) is 23.3 Å². The highest BCUT2D eigenvalue weighted by atomic mass is 16.5. The number of hydrogen-bond acceptors (Lipinski definition) is 3. The Morgan fingerprint density at radius 1 is 1.18 bits per heavy atom. The number of aryl methyl sites for hydroxylation is 1. The number of nitrogens with two attached hydrogens (primary N) is 1. The maximum absolute atomic E-state index is 6.35. The largest absolute Gasteiger partial charge is 0.496 e. The zero-order valence-electron chi connectivity index (χ0n) is 11.0. The summed E-state index contributed by atoms with van der Waals surface area (Å²) in [5.74, 6) is 1.74. The molecule has 1 fully saturated rings. The summed E-state index contributed by atoms with van der Waals surface area (Å²) >= 11 is 0. The molecule has 0 radical (unpaired) electrons. The monoisotopic (exact) mass is 235 g/mol. The van der Waals surface area contributed by atoms with Crippen LogP contribution in [0.5, 0.6) is 11.5 Å². The molecular formula is C14H21NO2. The van der Waals surface area contributed by atoms with Crippen LogP contribution in [0, 0.1) is 12.3 Å². The summed E-state index contributed by atoms with van der Waals surface area (Å²) in [6.07, 6.45) is 2.38. The van der Waals surface area contributed by atoms with Crippen LogP contribution in [0.3, 0.4) is 0 Å². The zero-order chi connectivity index (χ0) is 12.6. The van der Waals surface area contributed by atoms with E-state index in [1.165, 1.54) is 12.8 Å². The Balaban J connectivity index is 2.43. The predicted octanol–water partition coefficient (Wildman–Crippen LogP) is 2.81. The van der Waals surface area contributed by atoms with E-state index >= 15 is 0 Å². The van der Waals surface area contributed by atoms with Gasteiger partial charge in [-0.1, -0.05) is 6.92 Å². The normalized spacial score (nSPS) is 18.6. The quantitative estimate of drug-likeness (QED) is 0.872. The molecule has 2 N–H and O–H groups in total. The van der Waals surface area contributed by atoms with Gasteiger partial charge in [0.15, 0.2) is 0 Å². The van der Waals surface area contributed by atoms with E-state index in [4.69, 9.17) is 15.2 Å². The highest BCUT2D eigenvalue weighted by Crippen LogP contribution is 2.55. The van der Waals surface area contributed by atoms with E-state index in [1.54, 1.807) is 14.2 Å². The molecule has 0 aliphatic heterocycles. The second-order valence-electron chi connectivity index (χ2n) is 5.20. The van der Waals surface area contributed by atoms with Crippen LogP contribution in [0.1, 0.15) is 36.9 Å². The van der Waals surface area contributed by atoms with Gasteiger partial charge in [0.2, 0.25) is 0 Å². The van der Waals surface area contributed by atoms with Gasteiger partial charge in [0.1, 0.15) is 11.5 Å². The van der Waals surface area contributed by atoms with Crippen molar-refractivity contribution in [1.82, 2.24) is 0 Å². The number of methoxy groups -OCH3 is 2. The molecule has 0 saturated heterocycles. The lowest BCUT2D eigenvalue weighted by Crippen LogP contribution is -2.21. The van der Waals surface area contributed by atoms with E-state index in [2.05, 4.69) is 6.92 Å². The first-order chi connectivity index (χ1) is 8.01. The lowest BCUT2D eigenvalue weighted by Gasteiger charge is -2.23. The van der Waals surface area contributed by atoms with Gasteiger partial charge in [-0.2, -0.15) is 0 Å². The van der Waals surface area contributed by atoms with Crippen molar-refractivity contribution in [1.29, 1.82) is 0 Å². The first-order valence-electron chi connectivity index (χ1n) is 6.00. The molecule has 0 bridgehead atoms. The van der Waals surface area contributed by atoms with E-state index in [0.717, 1.165) is 22.6 Å². The molecule has 94 valence electrons. The average Bonchev–Trinajstić information content (AvgIpc) is 3.07. The van der Waals surface area contributed by atoms with Crippen molar-refractivity contribution in [3.63, 3.8) is 0 Å². The Hall–Kier alpha value is -1.22. The molecule has 1 unspecified atom stereocenters. The van der Waals surface area contributed by atoms with E-state index in [0.29, 0.717) is 0 Å². The minimum Gasteiger partial charge on any atom is -0.496 e. The third-order valence-electron chi connectivity index (χ3n) is 3.87. The molecule has 2 rings (SSSR count). The van der Waals surface area contributed by atoms with Gasteiger partial charge in [0.25, 0.3) is 0 Å². The zero-order valence-corrected chi connectivity index (χ0v) is 11.0. The van der Waals surface area contributed by atoms with Crippen LogP contribution in [0.2, 0.25) is 0 Å². The average molecular weight is 235 g/mol. The van der Waals surface area contributed by atoms with Gasteiger partial charge in [-0.15, -0.1) is 0 Å². The van der Waals surface area contributed by atoms with Gasteiger partial charge in [-0.05, 0) is 42.9 Å². The predicted molar refractivity (Wildman–Crippen MR) is 68.6 cm³/mol. The van der Waals surface area contributed by atoms with E-state index < -0.39 is 0 Å². The number of benzene rings is 1. The Bertz CT molecular complexity index is 424. The van der Waals surface area contributed by atoms with Crippen LogP contribution in [-0.2, 0) is 0 Å². The molecule has 1 atom stereocenters. The Kier molecular flexibility index (Phi) is 3.04. The van der Waals surface area contributed by atoms with E-state index in [1.807, 2.05) is 19.1 Å². The lowest BCUT2D eigenvalue weighted by molar-refractivity contribution is 0.376. The van der Waals surface area contributed by atoms with Gasteiger partial charge in [0.05, 0.1) is 14.2 Å². The van der Waals surface area contributed by atoms with Gasteiger partial charge >= 0.3 is 0 Å². The summed E-state index contributed by atoms with van der Waals surface area (Å²) in [5, 5.41) is 0. The fourth-order valence-electron chi connectivity index (χ4n) is 2.20. The molecule has 1 aromatic carbocycles. The third-order valence-corrected chi connectivity index (χ3v) is 3.87. The topological polar surface area (TPSA) is 44.5 Å². The molecule has 0 aromatic heterocycles. The van der Waals surface area contributed by atoms with Crippen LogP contribution in [0.25, 0.3) is 0 Å². The molecule has 0 amide bonds. The summed E-state index contributed by atoms with van der Waals surface area (Å²) in [6.45, 7) is 4.24. The Morgan fingerprint density at radius 3 is 2.24 bits per heavy atom. The van der Waals surface area contributed by atoms with Crippen molar-refractivity contribution in [3.8, 4) is 11.5 Å². The summed E-state index contributed by atoms with van der Waals surface area (Å²) in [4.78, 5) is 0. The highest BCUT2D eigenvalue weighted by molar-refractivity contribution is 5.48. The van der Waals surface area contributed by atoms with E-state index in [-0.39, 0.29) is 11.5 Å². The maximum Gasteiger partial charge on any atom is 0.124 e. The van der Waals surface area contributed by atoms with Gasteiger partial charge in [-0.25, -0.2) is 0 Å². The third kappa shape index (κ3) is 2.12. The molecule has 17 heavy (non-hydrogen) atoms. The standard InChI is InChI=1S/C14H21NO2/c1-9-7-12(17-4)10(8-11(9)16-3)13(15)14(2)5-6-14/h7-8,13H,5-6,15H2,1-4H3. The molecule has 0 spiro atoms. The molecule has 1 aliphatic carbocycles. The second-order valence-corrected chi connectivity index (χ2v) is 5.20. The Morgan fingerprint density at radius 2 is 1.76 bits per heavy atom. The highest BCUT2D eigenvalue weighted by Gasteiger charge is 2.44. The minimum atomic E-state index is 0.0203. The fourth-order valence-corrected chi connectivity index (χ4v) is 2.20. The first-order valence-corrected chi connectivity index (χ1v) is 6.00. The number of ether oxygens (including phenoxy) is 2.